The number of halogens is 2. The van der Waals surface area contributed by atoms with Crippen LogP contribution in [0.15, 0.2) is 39.8 Å². The molecule has 0 atom stereocenters. The molecule has 0 amide bonds. The highest BCUT2D eigenvalue weighted by molar-refractivity contribution is 9.10. The molecule has 2 rings (SSSR count). The Bertz CT molecular complexity index is 726. The zero-order chi connectivity index (χ0) is 17.7. The van der Waals surface area contributed by atoms with Gasteiger partial charge in [0.05, 0.1) is 12.0 Å². The summed E-state index contributed by atoms with van der Waals surface area (Å²) < 4.78 is 6.88. The van der Waals surface area contributed by atoms with Gasteiger partial charge in [0.2, 0.25) is 0 Å². The van der Waals surface area contributed by atoms with E-state index in [1.807, 2.05) is 51.5 Å². The Kier molecular flexibility index (Phi) is 6.69. The zero-order valence-corrected chi connectivity index (χ0v) is 16.8. The Balaban J connectivity index is 2.23. The molecule has 0 aliphatic heterocycles. The highest BCUT2D eigenvalue weighted by Gasteiger charge is 2.07. The SMILES string of the molecule is CCCN(C)C=Nc1cc(C)c(Oc2cc(Cl)cc(Br)c2)cc1C. The van der Waals surface area contributed by atoms with Gasteiger partial charge < -0.3 is 9.64 Å². The highest BCUT2D eigenvalue weighted by atomic mass is 79.9. The number of aryl methyl sites for hydroxylation is 2. The van der Waals surface area contributed by atoms with Crippen molar-refractivity contribution in [2.45, 2.75) is 27.2 Å². The van der Waals surface area contributed by atoms with Gasteiger partial charge in [0.25, 0.3) is 0 Å². The van der Waals surface area contributed by atoms with Crippen molar-refractivity contribution in [1.29, 1.82) is 0 Å². The summed E-state index contributed by atoms with van der Waals surface area (Å²) in [5.41, 5.74) is 3.05. The first kappa shape index (κ1) is 18.8. The molecule has 5 heteroatoms. The van der Waals surface area contributed by atoms with Gasteiger partial charge in [-0.2, -0.15) is 0 Å². The normalized spacial score (nSPS) is 11.1. The van der Waals surface area contributed by atoms with E-state index in [0.717, 1.165) is 40.0 Å². The number of rotatable bonds is 6. The second kappa shape index (κ2) is 8.54. The molecule has 128 valence electrons. The van der Waals surface area contributed by atoms with E-state index >= 15 is 0 Å². The summed E-state index contributed by atoms with van der Waals surface area (Å²) in [6.07, 6.45) is 2.97. The minimum atomic E-state index is 0.633. The minimum Gasteiger partial charge on any atom is -0.457 e. The van der Waals surface area contributed by atoms with Crippen LogP contribution in [-0.2, 0) is 0 Å². The van der Waals surface area contributed by atoms with Crippen molar-refractivity contribution < 1.29 is 4.74 Å². The van der Waals surface area contributed by atoms with Crippen LogP contribution in [0.5, 0.6) is 11.5 Å². The maximum atomic E-state index is 6.08. The number of aliphatic imine (C=N–C) groups is 1. The molecule has 0 aliphatic rings. The third-order valence-electron chi connectivity index (χ3n) is 3.53. The first-order valence-electron chi connectivity index (χ1n) is 7.88. The van der Waals surface area contributed by atoms with Gasteiger partial charge in [0, 0.05) is 23.1 Å². The Morgan fingerprint density at radius 2 is 1.92 bits per heavy atom. The molecule has 24 heavy (non-hydrogen) atoms. The first-order valence-corrected chi connectivity index (χ1v) is 9.05. The summed E-state index contributed by atoms with van der Waals surface area (Å²) in [6.45, 7) is 7.20. The van der Waals surface area contributed by atoms with E-state index < -0.39 is 0 Å². The minimum absolute atomic E-state index is 0.633. The lowest BCUT2D eigenvalue weighted by atomic mass is 10.1. The molecule has 2 aromatic rings. The summed E-state index contributed by atoms with van der Waals surface area (Å²) in [6, 6.07) is 9.58. The second-order valence-corrected chi connectivity index (χ2v) is 7.19. The van der Waals surface area contributed by atoms with Crippen molar-refractivity contribution in [2.24, 2.45) is 4.99 Å². The van der Waals surface area contributed by atoms with Crippen LogP contribution in [0.1, 0.15) is 24.5 Å². The fraction of sp³-hybridized carbons (Fsp3) is 0.316. The van der Waals surface area contributed by atoms with Gasteiger partial charge in [-0.1, -0.05) is 34.5 Å². The van der Waals surface area contributed by atoms with E-state index in [0.29, 0.717) is 10.8 Å². The molecule has 0 saturated heterocycles. The summed E-state index contributed by atoms with van der Waals surface area (Å²) in [5, 5.41) is 0.633. The number of hydrogen-bond acceptors (Lipinski definition) is 2. The standard InChI is InChI=1S/C19H22BrClN2O/c1-5-6-23(4)12-22-18-7-14(3)19(8-13(18)2)24-17-10-15(20)9-16(21)11-17/h7-12H,5-6H2,1-4H3. The van der Waals surface area contributed by atoms with Gasteiger partial charge >= 0.3 is 0 Å². The lowest BCUT2D eigenvalue weighted by Gasteiger charge is -2.13. The van der Waals surface area contributed by atoms with Gasteiger partial charge in [-0.15, -0.1) is 0 Å². The molecular weight excluding hydrogens is 388 g/mol. The fourth-order valence-electron chi connectivity index (χ4n) is 2.31. The topological polar surface area (TPSA) is 24.8 Å². The number of benzene rings is 2. The van der Waals surface area contributed by atoms with Crippen molar-refractivity contribution in [3.05, 3.63) is 51.0 Å². The predicted molar refractivity (Wildman–Crippen MR) is 106 cm³/mol. The first-order chi connectivity index (χ1) is 11.4. The molecule has 0 spiro atoms. The van der Waals surface area contributed by atoms with E-state index in [1.165, 1.54) is 0 Å². The van der Waals surface area contributed by atoms with Gasteiger partial charge in [-0.05, 0) is 61.7 Å². The Morgan fingerprint density at radius 3 is 2.58 bits per heavy atom. The molecule has 0 bridgehead atoms. The Hall–Kier alpha value is -1.52. The van der Waals surface area contributed by atoms with Crippen LogP contribution >= 0.6 is 27.5 Å². The van der Waals surface area contributed by atoms with E-state index in [2.05, 4.69) is 32.7 Å². The van der Waals surface area contributed by atoms with E-state index in [9.17, 15) is 0 Å². The number of hydrogen-bond donors (Lipinski definition) is 0. The molecule has 0 heterocycles. The van der Waals surface area contributed by atoms with Crippen molar-refractivity contribution in [1.82, 2.24) is 4.90 Å². The van der Waals surface area contributed by atoms with Crippen LogP contribution in [-0.4, -0.2) is 24.8 Å². The van der Waals surface area contributed by atoms with Crippen molar-refractivity contribution >= 4 is 39.6 Å². The van der Waals surface area contributed by atoms with E-state index in [1.54, 1.807) is 6.07 Å². The number of ether oxygens (including phenoxy) is 1. The zero-order valence-electron chi connectivity index (χ0n) is 14.4. The van der Waals surface area contributed by atoms with E-state index in [4.69, 9.17) is 16.3 Å². The molecule has 0 unspecified atom stereocenters. The maximum absolute atomic E-state index is 6.08. The monoisotopic (exact) mass is 408 g/mol. The maximum Gasteiger partial charge on any atom is 0.130 e. The molecule has 0 aliphatic carbocycles. The Labute approximate surface area is 157 Å². The highest BCUT2D eigenvalue weighted by Crippen LogP contribution is 2.33. The molecular formula is C19H22BrClN2O. The van der Waals surface area contributed by atoms with Crippen molar-refractivity contribution in [3.8, 4) is 11.5 Å². The molecule has 0 aromatic heterocycles. The summed E-state index contributed by atoms with van der Waals surface area (Å²) >= 11 is 9.50. The van der Waals surface area contributed by atoms with Crippen molar-refractivity contribution in [2.75, 3.05) is 13.6 Å². The quantitative estimate of drug-likeness (QED) is 0.401. The van der Waals surface area contributed by atoms with Crippen LogP contribution in [0.25, 0.3) is 0 Å². The van der Waals surface area contributed by atoms with Crippen LogP contribution < -0.4 is 4.74 Å². The van der Waals surface area contributed by atoms with Gasteiger partial charge in [0.15, 0.2) is 0 Å². The van der Waals surface area contributed by atoms with Crippen LogP contribution in [0, 0.1) is 13.8 Å². The van der Waals surface area contributed by atoms with Crippen LogP contribution in [0.3, 0.4) is 0 Å². The lowest BCUT2D eigenvalue weighted by molar-refractivity contribution is 0.478. The third kappa shape index (κ3) is 5.25. The fourth-order valence-corrected chi connectivity index (χ4v) is 3.14. The Morgan fingerprint density at radius 1 is 1.17 bits per heavy atom. The average molecular weight is 410 g/mol. The van der Waals surface area contributed by atoms with Crippen LogP contribution in [0.4, 0.5) is 5.69 Å². The summed E-state index contributed by atoms with van der Waals surface area (Å²) in [4.78, 5) is 6.66. The molecule has 0 fully saturated rings. The van der Waals surface area contributed by atoms with Crippen molar-refractivity contribution in [3.63, 3.8) is 0 Å². The third-order valence-corrected chi connectivity index (χ3v) is 4.20. The average Bonchev–Trinajstić information content (AvgIpc) is 2.48. The molecule has 0 saturated carbocycles. The van der Waals surface area contributed by atoms with E-state index in [-0.39, 0.29) is 0 Å². The molecule has 3 nitrogen and oxygen atoms in total. The van der Waals surface area contributed by atoms with Gasteiger partial charge in [-0.3, -0.25) is 0 Å². The molecule has 0 radical (unpaired) electrons. The summed E-state index contributed by atoms with van der Waals surface area (Å²) in [7, 11) is 2.03. The second-order valence-electron chi connectivity index (χ2n) is 5.84. The predicted octanol–water partition coefficient (Wildman–Crippen LogP) is 6.51. The molecule has 0 N–H and O–H groups in total. The summed E-state index contributed by atoms with van der Waals surface area (Å²) in [5.74, 6) is 1.51. The lowest BCUT2D eigenvalue weighted by Crippen LogP contribution is -2.16. The van der Waals surface area contributed by atoms with Crippen LogP contribution in [0.2, 0.25) is 5.02 Å². The largest absolute Gasteiger partial charge is 0.457 e. The smallest absolute Gasteiger partial charge is 0.130 e. The van der Waals surface area contributed by atoms with Gasteiger partial charge in [0.1, 0.15) is 11.5 Å². The molecule has 2 aromatic carbocycles. The van der Waals surface area contributed by atoms with Gasteiger partial charge in [-0.25, -0.2) is 4.99 Å². The number of nitrogens with zero attached hydrogens (tertiary/aromatic N) is 2.